The lowest BCUT2D eigenvalue weighted by molar-refractivity contribution is 0.247. The second kappa shape index (κ2) is 13.2. The average Bonchev–Trinajstić information content (AvgIpc) is 3.21. The van der Waals surface area contributed by atoms with E-state index < -0.39 is 0 Å². The summed E-state index contributed by atoms with van der Waals surface area (Å²) in [6.07, 6.45) is 0.995. The van der Waals surface area contributed by atoms with Crippen molar-refractivity contribution in [1.29, 1.82) is 0 Å². The SMILES string of the molecule is c1ccc(-c2cc(-c3ccccc3)c3c(n2)c(-c2ccc(C4CC(c5ccccc5)NC(c5ccccc5)N4)cc2)cc2ccccc23)cc1. The summed E-state index contributed by atoms with van der Waals surface area (Å²) in [6.45, 7) is 0. The van der Waals surface area contributed by atoms with Crippen LogP contribution in [0.3, 0.4) is 0 Å². The van der Waals surface area contributed by atoms with E-state index in [1.807, 2.05) is 0 Å². The van der Waals surface area contributed by atoms with Gasteiger partial charge in [0.15, 0.2) is 0 Å². The molecular weight excluding hydrogens is 607 g/mol. The highest BCUT2D eigenvalue weighted by Gasteiger charge is 2.30. The Morgan fingerprint density at radius 3 is 1.62 bits per heavy atom. The predicted molar refractivity (Wildman–Crippen MR) is 208 cm³/mol. The number of aromatic nitrogens is 1. The lowest BCUT2D eigenvalue weighted by Crippen LogP contribution is -2.45. The molecule has 0 radical (unpaired) electrons. The van der Waals surface area contributed by atoms with Crippen LogP contribution in [0.15, 0.2) is 182 Å². The second-order valence-corrected chi connectivity index (χ2v) is 13.2. The Bertz CT molecular complexity index is 2340. The van der Waals surface area contributed by atoms with Gasteiger partial charge >= 0.3 is 0 Å². The third-order valence-corrected chi connectivity index (χ3v) is 10.1. The number of nitrogens with zero attached hydrogens (tertiary/aromatic N) is 1. The first-order chi connectivity index (χ1) is 24.8. The van der Waals surface area contributed by atoms with Gasteiger partial charge in [0, 0.05) is 28.6 Å². The Kier molecular flexibility index (Phi) is 7.98. The Hall–Kier alpha value is -5.87. The molecule has 240 valence electrons. The summed E-state index contributed by atoms with van der Waals surface area (Å²) in [5.41, 5.74) is 11.6. The lowest BCUT2D eigenvalue weighted by Gasteiger charge is -2.38. The Morgan fingerprint density at radius 1 is 0.440 bits per heavy atom. The van der Waals surface area contributed by atoms with Crippen LogP contribution in [0.4, 0.5) is 0 Å². The number of nitrogens with one attached hydrogen (secondary N) is 2. The average molecular weight is 644 g/mol. The van der Waals surface area contributed by atoms with E-state index in [0.717, 1.165) is 34.3 Å². The topological polar surface area (TPSA) is 37.0 Å². The van der Waals surface area contributed by atoms with Gasteiger partial charge in [-0.15, -0.1) is 0 Å². The van der Waals surface area contributed by atoms with Crippen molar-refractivity contribution in [2.45, 2.75) is 24.7 Å². The van der Waals surface area contributed by atoms with E-state index in [9.17, 15) is 0 Å². The number of hydrogen-bond donors (Lipinski definition) is 2. The summed E-state index contributed by atoms with van der Waals surface area (Å²) in [4.78, 5) is 5.44. The summed E-state index contributed by atoms with van der Waals surface area (Å²) >= 11 is 0. The first-order valence-electron chi connectivity index (χ1n) is 17.5. The number of rotatable bonds is 6. The number of pyridine rings is 1. The molecule has 0 spiro atoms. The Labute approximate surface area is 293 Å². The highest BCUT2D eigenvalue weighted by Crippen LogP contribution is 2.42. The van der Waals surface area contributed by atoms with Gasteiger partial charge in [-0.1, -0.05) is 170 Å². The van der Waals surface area contributed by atoms with E-state index in [1.54, 1.807) is 0 Å². The first-order valence-corrected chi connectivity index (χ1v) is 17.5. The number of benzene rings is 7. The molecule has 8 aromatic rings. The van der Waals surface area contributed by atoms with Gasteiger partial charge in [-0.2, -0.15) is 0 Å². The fraction of sp³-hybridized carbons (Fsp3) is 0.0851. The van der Waals surface area contributed by atoms with Crippen molar-refractivity contribution in [2.24, 2.45) is 0 Å². The minimum atomic E-state index is 0.0429. The van der Waals surface area contributed by atoms with Crippen molar-refractivity contribution < 1.29 is 0 Å². The van der Waals surface area contributed by atoms with Gasteiger partial charge in [0.1, 0.15) is 0 Å². The highest BCUT2D eigenvalue weighted by molar-refractivity contribution is 6.18. The van der Waals surface area contributed by atoms with E-state index in [2.05, 4.69) is 193 Å². The fourth-order valence-corrected chi connectivity index (χ4v) is 7.61. The maximum atomic E-state index is 5.44. The lowest BCUT2D eigenvalue weighted by atomic mass is 9.88. The van der Waals surface area contributed by atoms with Crippen LogP contribution in [0.25, 0.3) is 55.2 Å². The molecule has 0 saturated carbocycles. The smallest absolute Gasteiger partial charge is 0.0845 e. The van der Waals surface area contributed by atoms with Gasteiger partial charge in [-0.25, -0.2) is 4.98 Å². The van der Waals surface area contributed by atoms with Crippen LogP contribution in [0, 0.1) is 0 Å². The second-order valence-electron chi connectivity index (χ2n) is 13.2. The van der Waals surface area contributed by atoms with Gasteiger partial charge in [0.2, 0.25) is 0 Å². The molecular formula is C47H37N3. The summed E-state index contributed by atoms with van der Waals surface area (Å²) < 4.78 is 0. The van der Waals surface area contributed by atoms with Crippen molar-refractivity contribution in [3.05, 3.63) is 199 Å². The van der Waals surface area contributed by atoms with Gasteiger partial charge in [0.05, 0.1) is 17.4 Å². The molecule has 3 atom stereocenters. The predicted octanol–water partition coefficient (Wildman–Crippen LogP) is 11.5. The van der Waals surface area contributed by atoms with Gasteiger partial charge in [0.25, 0.3) is 0 Å². The quantitative estimate of drug-likeness (QED) is 0.177. The molecule has 0 bridgehead atoms. The highest BCUT2D eigenvalue weighted by atomic mass is 15.2. The third-order valence-electron chi connectivity index (χ3n) is 10.1. The zero-order valence-electron chi connectivity index (χ0n) is 27.7. The van der Waals surface area contributed by atoms with E-state index in [-0.39, 0.29) is 18.2 Å². The molecule has 1 aliphatic heterocycles. The summed E-state index contributed by atoms with van der Waals surface area (Å²) in [6, 6.07) is 65.7. The van der Waals surface area contributed by atoms with Crippen LogP contribution < -0.4 is 10.6 Å². The van der Waals surface area contributed by atoms with Gasteiger partial charge < -0.3 is 0 Å². The molecule has 0 amide bonds. The molecule has 2 N–H and O–H groups in total. The normalized spacial score (nSPS) is 17.6. The van der Waals surface area contributed by atoms with E-state index in [0.29, 0.717) is 0 Å². The molecule has 7 aromatic carbocycles. The summed E-state index contributed by atoms with van der Waals surface area (Å²) in [7, 11) is 0. The van der Waals surface area contributed by atoms with Crippen molar-refractivity contribution in [3.63, 3.8) is 0 Å². The molecule has 9 rings (SSSR count). The van der Waals surface area contributed by atoms with Crippen LogP contribution in [-0.2, 0) is 0 Å². The molecule has 1 aliphatic rings. The molecule has 1 aromatic heterocycles. The van der Waals surface area contributed by atoms with E-state index >= 15 is 0 Å². The van der Waals surface area contributed by atoms with Crippen LogP contribution >= 0.6 is 0 Å². The minimum absolute atomic E-state index is 0.0429. The maximum absolute atomic E-state index is 5.44. The molecule has 3 unspecified atom stereocenters. The van der Waals surface area contributed by atoms with E-state index in [1.165, 1.54) is 44.0 Å². The van der Waals surface area contributed by atoms with Crippen molar-refractivity contribution in [2.75, 3.05) is 0 Å². The summed E-state index contributed by atoms with van der Waals surface area (Å²) in [5, 5.41) is 11.4. The van der Waals surface area contributed by atoms with Gasteiger partial charge in [-0.3, -0.25) is 10.6 Å². The zero-order chi connectivity index (χ0) is 33.3. The standard InChI is InChI=1S/C47H37N3/c1-5-15-32(16-6-1)40-30-42(34-17-7-2-8-18-34)48-46-41(29-38-23-13-14-24-39(38)45(40)46)33-25-27-36(28-26-33)44-31-43(35-19-9-3-10-20-35)49-47(50-44)37-21-11-4-12-22-37/h1-30,43-44,47,49-50H,31H2. The fourth-order valence-electron chi connectivity index (χ4n) is 7.61. The van der Waals surface area contributed by atoms with Crippen molar-refractivity contribution in [1.82, 2.24) is 15.6 Å². The van der Waals surface area contributed by atoms with Crippen molar-refractivity contribution >= 4 is 21.7 Å². The molecule has 1 fully saturated rings. The van der Waals surface area contributed by atoms with Crippen LogP contribution in [0.2, 0.25) is 0 Å². The molecule has 3 heteroatoms. The number of hydrogen-bond acceptors (Lipinski definition) is 3. The Balaban J connectivity index is 1.17. The zero-order valence-corrected chi connectivity index (χ0v) is 27.7. The van der Waals surface area contributed by atoms with Crippen molar-refractivity contribution in [3.8, 4) is 33.5 Å². The monoisotopic (exact) mass is 643 g/mol. The minimum Gasteiger partial charge on any atom is -0.291 e. The third kappa shape index (κ3) is 5.77. The Morgan fingerprint density at radius 2 is 0.960 bits per heavy atom. The van der Waals surface area contributed by atoms with E-state index in [4.69, 9.17) is 4.98 Å². The van der Waals surface area contributed by atoms with Gasteiger partial charge in [-0.05, 0) is 62.7 Å². The number of fused-ring (bicyclic) bond motifs is 3. The first kappa shape index (κ1) is 30.2. The molecule has 0 aliphatic carbocycles. The molecule has 2 heterocycles. The maximum Gasteiger partial charge on any atom is 0.0845 e. The largest absolute Gasteiger partial charge is 0.291 e. The van der Waals surface area contributed by atoms with Crippen LogP contribution in [-0.4, -0.2) is 4.98 Å². The van der Waals surface area contributed by atoms with Crippen LogP contribution in [0.1, 0.15) is 41.4 Å². The molecule has 3 nitrogen and oxygen atoms in total. The molecule has 1 saturated heterocycles. The van der Waals surface area contributed by atoms with Crippen LogP contribution in [0.5, 0.6) is 0 Å². The molecule has 50 heavy (non-hydrogen) atoms. The summed E-state index contributed by atoms with van der Waals surface area (Å²) in [5.74, 6) is 0.